The van der Waals surface area contributed by atoms with Crippen molar-refractivity contribution in [2.24, 2.45) is 5.92 Å². The molecule has 0 radical (unpaired) electrons. The first-order valence-corrected chi connectivity index (χ1v) is 7.47. The molecule has 0 N–H and O–H groups in total. The number of benzene rings is 3. The van der Waals surface area contributed by atoms with Gasteiger partial charge in [-0.05, 0) is 52.9 Å². The molecule has 3 aromatic carbocycles. The Morgan fingerprint density at radius 3 is 2.29 bits per heavy atom. The average molecular weight is 276 g/mol. The van der Waals surface area contributed by atoms with Crippen LogP contribution in [0.15, 0.2) is 66.7 Å². The fourth-order valence-electron chi connectivity index (χ4n) is 2.65. The van der Waals surface area contributed by atoms with Gasteiger partial charge in [0.15, 0.2) is 0 Å². The highest BCUT2D eigenvalue weighted by Gasteiger charge is 2.07. The maximum Gasteiger partial charge on any atom is 0.128 e. The van der Waals surface area contributed by atoms with Crippen molar-refractivity contribution in [3.63, 3.8) is 0 Å². The van der Waals surface area contributed by atoms with E-state index in [0.29, 0.717) is 5.92 Å². The molecule has 0 fully saturated rings. The lowest BCUT2D eigenvalue weighted by atomic mass is 9.96. The van der Waals surface area contributed by atoms with Gasteiger partial charge in [-0.15, -0.1) is 0 Å². The van der Waals surface area contributed by atoms with Crippen LogP contribution in [0.25, 0.3) is 10.8 Å². The molecular formula is C20H20O. The number of rotatable bonds is 4. The van der Waals surface area contributed by atoms with E-state index in [4.69, 9.17) is 4.74 Å². The molecule has 0 aliphatic rings. The summed E-state index contributed by atoms with van der Waals surface area (Å²) in [6.45, 7) is 4.50. The van der Waals surface area contributed by atoms with Gasteiger partial charge in [-0.1, -0.05) is 56.3 Å². The zero-order valence-electron chi connectivity index (χ0n) is 12.5. The number of hydrogen-bond donors (Lipinski definition) is 0. The van der Waals surface area contributed by atoms with Crippen LogP contribution >= 0.6 is 0 Å². The van der Waals surface area contributed by atoms with Gasteiger partial charge in [0.05, 0.1) is 0 Å². The van der Waals surface area contributed by atoms with Crippen molar-refractivity contribution in [3.8, 4) is 11.5 Å². The highest BCUT2D eigenvalue weighted by molar-refractivity contribution is 5.87. The molecule has 21 heavy (non-hydrogen) atoms. The topological polar surface area (TPSA) is 9.23 Å². The van der Waals surface area contributed by atoms with Crippen LogP contribution in [0.2, 0.25) is 0 Å². The van der Waals surface area contributed by atoms with Gasteiger partial charge in [-0.2, -0.15) is 0 Å². The van der Waals surface area contributed by atoms with E-state index in [2.05, 4.69) is 50.2 Å². The minimum Gasteiger partial charge on any atom is -0.457 e. The maximum absolute atomic E-state index is 6.01. The average Bonchev–Trinajstić information content (AvgIpc) is 2.48. The highest BCUT2D eigenvalue weighted by atomic mass is 16.5. The summed E-state index contributed by atoms with van der Waals surface area (Å²) in [6, 6.07) is 22.8. The smallest absolute Gasteiger partial charge is 0.128 e. The molecule has 0 unspecified atom stereocenters. The van der Waals surface area contributed by atoms with Crippen molar-refractivity contribution in [1.82, 2.24) is 0 Å². The molecule has 0 saturated carbocycles. The predicted molar refractivity (Wildman–Crippen MR) is 89.0 cm³/mol. The monoisotopic (exact) mass is 276 g/mol. The Morgan fingerprint density at radius 2 is 1.52 bits per heavy atom. The molecule has 3 aromatic rings. The van der Waals surface area contributed by atoms with Crippen LogP contribution in [0.1, 0.15) is 19.4 Å². The van der Waals surface area contributed by atoms with Gasteiger partial charge in [-0.25, -0.2) is 0 Å². The molecule has 3 rings (SSSR count). The van der Waals surface area contributed by atoms with Crippen LogP contribution < -0.4 is 4.74 Å². The molecule has 0 bridgehead atoms. The Balaban J connectivity index is 2.03. The highest BCUT2D eigenvalue weighted by Crippen LogP contribution is 2.30. The summed E-state index contributed by atoms with van der Waals surface area (Å²) in [4.78, 5) is 0. The first kappa shape index (κ1) is 13.7. The summed E-state index contributed by atoms with van der Waals surface area (Å²) in [6.07, 6.45) is 1.06. The van der Waals surface area contributed by atoms with Crippen LogP contribution in [-0.4, -0.2) is 0 Å². The Morgan fingerprint density at radius 1 is 0.810 bits per heavy atom. The summed E-state index contributed by atoms with van der Waals surface area (Å²) in [7, 11) is 0. The summed E-state index contributed by atoms with van der Waals surface area (Å²) >= 11 is 0. The standard InChI is InChI=1S/C20H20O/c1-15(2)12-17-14-19(21-18-9-4-3-5-10-18)13-16-8-6-7-11-20(16)17/h3-11,13-15H,12H2,1-2H3. The summed E-state index contributed by atoms with van der Waals surface area (Å²) in [5.41, 5.74) is 1.36. The molecular weight excluding hydrogens is 256 g/mol. The summed E-state index contributed by atoms with van der Waals surface area (Å²) in [5, 5.41) is 2.56. The van der Waals surface area contributed by atoms with Crippen LogP contribution in [-0.2, 0) is 6.42 Å². The number of ether oxygens (including phenoxy) is 1. The molecule has 0 aliphatic carbocycles. The molecule has 0 spiro atoms. The molecule has 0 saturated heterocycles. The van der Waals surface area contributed by atoms with Gasteiger partial charge in [0.1, 0.15) is 11.5 Å². The van der Waals surface area contributed by atoms with Crippen molar-refractivity contribution in [3.05, 3.63) is 72.3 Å². The van der Waals surface area contributed by atoms with E-state index < -0.39 is 0 Å². The van der Waals surface area contributed by atoms with Gasteiger partial charge >= 0.3 is 0 Å². The lowest BCUT2D eigenvalue weighted by Crippen LogP contribution is -1.96. The van der Waals surface area contributed by atoms with E-state index in [0.717, 1.165) is 17.9 Å². The van der Waals surface area contributed by atoms with Crippen LogP contribution in [0, 0.1) is 5.92 Å². The maximum atomic E-state index is 6.01. The summed E-state index contributed by atoms with van der Waals surface area (Å²) < 4.78 is 6.01. The van der Waals surface area contributed by atoms with Crippen LogP contribution in [0.5, 0.6) is 11.5 Å². The Labute approximate surface area is 126 Å². The Hall–Kier alpha value is -2.28. The van der Waals surface area contributed by atoms with Crippen molar-refractivity contribution in [2.45, 2.75) is 20.3 Å². The number of hydrogen-bond acceptors (Lipinski definition) is 1. The molecule has 1 heteroatoms. The van der Waals surface area contributed by atoms with Crippen molar-refractivity contribution in [2.75, 3.05) is 0 Å². The third-order valence-electron chi connectivity index (χ3n) is 3.53. The third kappa shape index (κ3) is 3.25. The molecule has 0 amide bonds. The predicted octanol–water partition coefficient (Wildman–Crippen LogP) is 5.83. The van der Waals surface area contributed by atoms with E-state index in [1.165, 1.54) is 16.3 Å². The van der Waals surface area contributed by atoms with Crippen LogP contribution in [0.4, 0.5) is 0 Å². The fourth-order valence-corrected chi connectivity index (χ4v) is 2.65. The quantitative estimate of drug-likeness (QED) is 0.582. The lowest BCUT2D eigenvalue weighted by molar-refractivity contribution is 0.482. The second-order valence-electron chi connectivity index (χ2n) is 5.82. The molecule has 1 nitrogen and oxygen atoms in total. The first-order valence-electron chi connectivity index (χ1n) is 7.47. The number of fused-ring (bicyclic) bond motifs is 1. The minimum absolute atomic E-state index is 0.625. The molecule has 106 valence electrons. The van der Waals surface area contributed by atoms with Gasteiger partial charge in [0, 0.05) is 0 Å². The molecule has 0 aromatic heterocycles. The second kappa shape index (κ2) is 6.01. The lowest BCUT2D eigenvalue weighted by Gasteiger charge is -2.13. The van der Waals surface area contributed by atoms with Crippen molar-refractivity contribution >= 4 is 10.8 Å². The number of para-hydroxylation sites is 1. The van der Waals surface area contributed by atoms with Crippen molar-refractivity contribution < 1.29 is 4.74 Å². The Kier molecular flexibility index (Phi) is 3.92. The first-order chi connectivity index (χ1) is 10.2. The zero-order chi connectivity index (χ0) is 14.7. The SMILES string of the molecule is CC(C)Cc1cc(Oc2ccccc2)cc2ccccc12. The second-order valence-corrected chi connectivity index (χ2v) is 5.82. The molecule has 0 aliphatic heterocycles. The van der Waals surface area contributed by atoms with E-state index >= 15 is 0 Å². The van der Waals surface area contributed by atoms with Gasteiger partial charge in [0.25, 0.3) is 0 Å². The van der Waals surface area contributed by atoms with E-state index in [9.17, 15) is 0 Å². The minimum atomic E-state index is 0.625. The zero-order valence-corrected chi connectivity index (χ0v) is 12.5. The fraction of sp³-hybridized carbons (Fsp3) is 0.200. The van der Waals surface area contributed by atoms with Gasteiger partial charge in [0.2, 0.25) is 0 Å². The van der Waals surface area contributed by atoms with Gasteiger partial charge in [-0.3, -0.25) is 0 Å². The molecule has 0 heterocycles. The Bertz CT molecular complexity index is 729. The van der Waals surface area contributed by atoms with E-state index in [1.54, 1.807) is 0 Å². The van der Waals surface area contributed by atoms with E-state index in [-0.39, 0.29) is 0 Å². The third-order valence-corrected chi connectivity index (χ3v) is 3.53. The van der Waals surface area contributed by atoms with E-state index in [1.807, 2.05) is 30.3 Å². The molecule has 0 atom stereocenters. The van der Waals surface area contributed by atoms with Crippen molar-refractivity contribution in [1.29, 1.82) is 0 Å². The van der Waals surface area contributed by atoms with Gasteiger partial charge < -0.3 is 4.74 Å². The normalized spacial score (nSPS) is 11.0. The van der Waals surface area contributed by atoms with Crippen LogP contribution in [0.3, 0.4) is 0 Å². The summed E-state index contributed by atoms with van der Waals surface area (Å²) in [5.74, 6) is 2.42. The largest absolute Gasteiger partial charge is 0.457 e.